The molecule has 0 bridgehead atoms. The summed E-state index contributed by atoms with van der Waals surface area (Å²) < 4.78 is 10.5. The molecule has 1 fully saturated rings. The van der Waals surface area contributed by atoms with Gasteiger partial charge in [-0.3, -0.25) is 0 Å². The van der Waals surface area contributed by atoms with E-state index in [9.17, 15) is 0 Å². The fourth-order valence-electron chi connectivity index (χ4n) is 1.51. The first-order chi connectivity index (χ1) is 6.93. The standard InChI is InChI=1S/C12H9O2/c1-2-6-10-9(4-1)5-3-7-11(10)14-12-8-13-12/h1-8,12H. The van der Waals surface area contributed by atoms with Crippen LogP contribution in [-0.2, 0) is 4.74 Å². The topological polar surface area (TPSA) is 21.8 Å². The van der Waals surface area contributed by atoms with E-state index in [0.29, 0.717) is 0 Å². The predicted octanol–water partition coefficient (Wildman–Crippen LogP) is 2.74. The van der Waals surface area contributed by atoms with Crippen LogP contribution in [0, 0.1) is 6.61 Å². The van der Waals surface area contributed by atoms with Gasteiger partial charge in [-0.05, 0) is 11.5 Å². The Balaban J connectivity index is 2.11. The van der Waals surface area contributed by atoms with Gasteiger partial charge in [-0.25, -0.2) is 0 Å². The zero-order valence-corrected chi connectivity index (χ0v) is 7.51. The van der Waals surface area contributed by atoms with Crippen LogP contribution in [0.3, 0.4) is 0 Å². The second-order valence-electron chi connectivity index (χ2n) is 3.24. The van der Waals surface area contributed by atoms with Crippen LogP contribution < -0.4 is 4.74 Å². The van der Waals surface area contributed by atoms with Crippen LogP contribution in [0.4, 0.5) is 0 Å². The Morgan fingerprint density at radius 3 is 2.64 bits per heavy atom. The molecule has 1 radical (unpaired) electrons. The highest BCUT2D eigenvalue weighted by atomic mass is 16.8. The lowest BCUT2D eigenvalue weighted by Crippen LogP contribution is -1.96. The maximum absolute atomic E-state index is 5.56. The molecule has 2 heteroatoms. The molecule has 1 aliphatic heterocycles. The van der Waals surface area contributed by atoms with Crippen molar-refractivity contribution in [3.05, 3.63) is 49.1 Å². The van der Waals surface area contributed by atoms with Gasteiger partial charge < -0.3 is 9.47 Å². The molecule has 1 saturated heterocycles. The van der Waals surface area contributed by atoms with Gasteiger partial charge in [0.15, 0.2) is 6.61 Å². The van der Waals surface area contributed by atoms with Crippen LogP contribution in [-0.4, -0.2) is 6.29 Å². The van der Waals surface area contributed by atoms with Gasteiger partial charge in [0.25, 0.3) is 0 Å². The van der Waals surface area contributed by atoms with Crippen molar-refractivity contribution in [1.82, 2.24) is 0 Å². The van der Waals surface area contributed by atoms with E-state index in [1.807, 2.05) is 30.3 Å². The minimum atomic E-state index is -0.152. The molecule has 2 aromatic rings. The van der Waals surface area contributed by atoms with E-state index < -0.39 is 0 Å². The maximum Gasteiger partial charge on any atom is 0.230 e. The van der Waals surface area contributed by atoms with Gasteiger partial charge in [-0.15, -0.1) is 0 Å². The van der Waals surface area contributed by atoms with Gasteiger partial charge >= 0.3 is 0 Å². The Kier molecular flexibility index (Phi) is 1.67. The highest BCUT2D eigenvalue weighted by Crippen LogP contribution is 2.29. The summed E-state index contributed by atoms with van der Waals surface area (Å²) in [5, 5.41) is 2.31. The number of epoxide rings is 1. The van der Waals surface area contributed by atoms with Crippen LogP contribution in [0.2, 0.25) is 0 Å². The normalized spacial score (nSPS) is 19.6. The molecular formula is C12H9O2. The molecule has 1 heterocycles. The van der Waals surface area contributed by atoms with E-state index in [-0.39, 0.29) is 6.29 Å². The Hall–Kier alpha value is -1.54. The molecule has 3 rings (SSSR count). The molecule has 0 spiro atoms. The summed E-state index contributed by atoms with van der Waals surface area (Å²) in [6.07, 6.45) is -0.152. The van der Waals surface area contributed by atoms with Crippen LogP contribution in [0.1, 0.15) is 0 Å². The molecule has 0 saturated carbocycles. The summed E-state index contributed by atoms with van der Waals surface area (Å²) >= 11 is 0. The SMILES string of the molecule is [CH]1OC1Oc1cccc2ccccc12. The molecule has 0 N–H and O–H groups in total. The number of benzene rings is 2. The molecule has 69 valence electrons. The summed E-state index contributed by atoms with van der Waals surface area (Å²) in [6.45, 7) is 1.67. The first-order valence-corrected chi connectivity index (χ1v) is 4.57. The van der Waals surface area contributed by atoms with Crippen molar-refractivity contribution in [1.29, 1.82) is 0 Å². The van der Waals surface area contributed by atoms with Crippen LogP contribution >= 0.6 is 0 Å². The first kappa shape index (κ1) is 7.83. The lowest BCUT2D eigenvalue weighted by molar-refractivity contribution is 0.182. The second-order valence-corrected chi connectivity index (χ2v) is 3.24. The third-order valence-electron chi connectivity index (χ3n) is 2.24. The van der Waals surface area contributed by atoms with Gasteiger partial charge in [-0.1, -0.05) is 36.4 Å². The molecule has 0 amide bonds. The molecule has 0 aliphatic carbocycles. The van der Waals surface area contributed by atoms with Gasteiger partial charge in [0.05, 0.1) is 0 Å². The fraction of sp³-hybridized carbons (Fsp3) is 0.0833. The van der Waals surface area contributed by atoms with Crippen molar-refractivity contribution in [3.63, 3.8) is 0 Å². The average Bonchev–Trinajstić information content (AvgIpc) is 3.03. The average molecular weight is 185 g/mol. The van der Waals surface area contributed by atoms with E-state index in [0.717, 1.165) is 11.1 Å². The van der Waals surface area contributed by atoms with E-state index in [4.69, 9.17) is 9.47 Å². The van der Waals surface area contributed by atoms with Crippen molar-refractivity contribution < 1.29 is 9.47 Å². The molecule has 1 unspecified atom stereocenters. The van der Waals surface area contributed by atoms with Crippen molar-refractivity contribution in [2.45, 2.75) is 6.29 Å². The lowest BCUT2D eigenvalue weighted by Gasteiger charge is -2.05. The lowest BCUT2D eigenvalue weighted by atomic mass is 10.1. The first-order valence-electron chi connectivity index (χ1n) is 4.57. The van der Waals surface area contributed by atoms with Crippen molar-refractivity contribution in [3.8, 4) is 5.75 Å². The third-order valence-corrected chi connectivity index (χ3v) is 2.24. The van der Waals surface area contributed by atoms with Gasteiger partial charge in [0.1, 0.15) is 5.75 Å². The zero-order chi connectivity index (χ0) is 9.38. The summed E-state index contributed by atoms with van der Waals surface area (Å²) in [7, 11) is 0. The quantitative estimate of drug-likeness (QED) is 0.671. The minimum Gasteiger partial charge on any atom is -0.461 e. The Bertz CT molecular complexity index is 455. The second kappa shape index (κ2) is 3.00. The number of hydrogen-bond donors (Lipinski definition) is 0. The third kappa shape index (κ3) is 1.34. The zero-order valence-electron chi connectivity index (χ0n) is 7.51. The van der Waals surface area contributed by atoms with Crippen molar-refractivity contribution in [2.75, 3.05) is 0 Å². The van der Waals surface area contributed by atoms with Crippen LogP contribution in [0.5, 0.6) is 5.75 Å². The molecule has 14 heavy (non-hydrogen) atoms. The van der Waals surface area contributed by atoms with Gasteiger partial charge in [0.2, 0.25) is 6.29 Å². The van der Waals surface area contributed by atoms with E-state index in [1.54, 1.807) is 6.61 Å². The monoisotopic (exact) mass is 185 g/mol. The number of rotatable bonds is 2. The van der Waals surface area contributed by atoms with E-state index >= 15 is 0 Å². The van der Waals surface area contributed by atoms with Crippen molar-refractivity contribution in [2.24, 2.45) is 0 Å². The van der Waals surface area contributed by atoms with Gasteiger partial charge in [-0.2, -0.15) is 0 Å². The fourth-order valence-corrected chi connectivity index (χ4v) is 1.51. The summed E-state index contributed by atoms with van der Waals surface area (Å²) in [5.41, 5.74) is 0. The van der Waals surface area contributed by atoms with E-state index in [2.05, 4.69) is 12.1 Å². The number of fused-ring (bicyclic) bond motifs is 1. The molecule has 2 nitrogen and oxygen atoms in total. The van der Waals surface area contributed by atoms with Gasteiger partial charge in [0, 0.05) is 5.39 Å². The molecule has 2 aromatic carbocycles. The summed E-state index contributed by atoms with van der Waals surface area (Å²) in [6, 6.07) is 14.2. The minimum absolute atomic E-state index is 0.152. The Morgan fingerprint density at radius 1 is 1.00 bits per heavy atom. The number of ether oxygens (including phenoxy) is 2. The Morgan fingerprint density at radius 2 is 1.79 bits per heavy atom. The highest BCUT2D eigenvalue weighted by Gasteiger charge is 2.26. The molecule has 1 atom stereocenters. The maximum atomic E-state index is 5.56. The van der Waals surface area contributed by atoms with Crippen molar-refractivity contribution >= 4 is 10.8 Å². The summed E-state index contributed by atoms with van der Waals surface area (Å²) in [4.78, 5) is 0. The molecule has 1 aliphatic rings. The van der Waals surface area contributed by atoms with E-state index in [1.165, 1.54) is 5.39 Å². The number of hydrogen-bond acceptors (Lipinski definition) is 2. The largest absolute Gasteiger partial charge is 0.461 e. The van der Waals surface area contributed by atoms with Crippen LogP contribution in [0.25, 0.3) is 10.8 Å². The molecule has 0 aromatic heterocycles. The Labute approximate surface area is 82.1 Å². The van der Waals surface area contributed by atoms with Crippen LogP contribution in [0.15, 0.2) is 42.5 Å². The summed E-state index contributed by atoms with van der Waals surface area (Å²) in [5.74, 6) is 0.877. The molecular weight excluding hydrogens is 176 g/mol. The highest BCUT2D eigenvalue weighted by molar-refractivity contribution is 5.88. The smallest absolute Gasteiger partial charge is 0.230 e. The predicted molar refractivity (Wildman–Crippen MR) is 53.7 cm³/mol.